The molecule has 0 spiro atoms. The molecule has 30 heavy (non-hydrogen) atoms. The van der Waals surface area contributed by atoms with Gasteiger partial charge in [-0.3, -0.25) is 19.2 Å². The predicted octanol–water partition coefficient (Wildman–Crippen LogP) is -1.16. The molecule has 4 atom stereocenters. The Morgan fingerprint density at radius 1 is 0.833 bits per heavy atom. The molecule has 0 aliphatic carbocycles. The van der Waals surface area contributed by atoms with Gasteiger partial charge >= 0.3 is 5.97 Å². The SMILES string of the molecule is CC(C)CC(NC(=O)C(C)NC(=O)C(N)C(C)C)C(=O)NC(CCC(N)=O)C(=O)O. The summed E-state index contributed by atoms with van der Waals surface area (Å²) in [7, 11) is 0. The molecular weight excluding hydrogens is 394 g/mol. The Kier molecular flexibility index (Phi) is 11.6. The van der Waals surface area contributed by atoms with Crippen LogP contribution in [0.2, 0.25) is 0 Å². The van der Waals surface area contributed by atoms with Crippen LogP contribution in [0.15, 0.2) is 0 Å². The van der Waals surface area contributed by atoms with E-state index in [1.54, 1.807) is 13.8 Å². The molecule has 0 rings (SSSR count). The van der Waals surface area contributed by atoms with Crippen LogP contribution in [0.5, 0.6) is 0 Å². The lowest BCUT2D eigenvalue weighted by Gasteiger charge is -2.25. The third-order valence-electron chi connectivity index (χ3n) is 4.41. The molecule has 0 aliphatic heterocycles. The molecule has 0 bridgehead atoms. The number of nitrogens with one attached hydrogen (secondary N) is 3. The van der Waals surface area contributed by atoms with E-state index >= 15 is 0 Å². The molecule has 0 radical (unpaired) electrons. The molecule has 11 nitrogen and oxygen atoms in total. The zero-order valence-electron chi connectivity index (χ0n) is 18.2. The van der Waals surface area contributed by atoms with Crippen molar-refractivity contribution in [2.24, 2.45) is 23.3 Å². The summed E-state index contributed by atoms with van der Waals surface area (Å²) in [5.74, 6) is -3.91. The number of carboxylic acids is 1. The Labute approximate surface area is 176 Å². The van der Waals surface area contributed by atoms with E-state index < -0.39 is 53.8 Å². The largest absolute Gasteiger partial charge is 0.480 e. The minimum Gasteiger partial charge on any atom is -0.480 e. The van der Waals surface area contributed by atoms with Crippen molar-refractivity contribution < 1.29 is 29.1 Å². The topological polar surface area (TPSA) is 194 Å². The molecule has 4 unspecified atom stereocenters. The molecule has 0 saturated carbocycles. The number of hydrogen-bond acceptors (Lipinski definition) is 6. The minimum atomic E-state index is -1.32. The normalized spacial score (nSPS) is 15.1. The maximum Gasteiger partial charge on any atom is 0.326 e. The summed E-state index contributed by atoms with van der Waals surface area (Å²) >= 11 is 0. The van der Waals surface area contributed by atoms with E-state index in [0.717, 1.165) is 0 Å². The predicted molar refractivity (Wildman–Crippen MR) is 110 cm³/mol. The number of nitrogens with two attached hydrogens (primary N) is 2. The molecule has 0 heterocycles. The Morgan fingerprint density at radius 3 is 1.80 bits per heavy atom. The quantitative estimate of drug-likeness (QED) is 0.212. The number of primary amides is 1. The Balaban J connectivity index is 5.14. The van der Waals surface area contributed by atoms with Crippen LogP contribution in [-0.4, -0.2) is 58.9 Å². The smallest absolute Gasteiger partial charge is 0.326 e. The van der Waals surface area contributed by atoms with Crippen molar-refractivity contribution in [3.63, 3.8) is 0 Å². The lowest BCUT2D eigenvalue weighted by atomic mass is 10.0. The van der Waals surface area contributed by atoms with E-state index in [0.29, 0.717) is 0 Å². The van der Waals surface area contributed by atoms with Crippen LogP contribution in [0.3, 0.4) is 0 Å². The summed E-state index contributed by atoms with van der Waals surface area (Å²) in [6.07, 6.45) is -0.137. The first kappa shape index (κ1) is 27.3. The van der Waals surface area contributed by atoms with Gasteiger partial charge in [-0.15, -0.1) is 0 Å². The first-order chi connectivity index (χ1) is 13.8. The van der Waals surface area contributed by atoms with E-state index in [1.807, 2.05) is 13.8 Å². The van der Waals surface area contributed by atoms with E-state index in [2.05, 4.69) is 16.0 Å². The van der Waals surface area contributed by atoms with Crippen LogP contribution < -0.4 is 27.4 Å². The lowest BCUT2D eigenvalue weighted by molar-refractivity contribution is -0.142. The van der Waals surface area contributed by atoms with Crippen molar-refractivity contribution in [2.45, 2.75) is 78.0 Å². The second kappa shape index (κ2) is 12.8. The van der Waals surface area contributed by atoms with Gasteiger partial charge in [-0.1, -0.05) is 27.7 Å². The van der Waals surface area contributed by atoms with Gasteiger partial charge in [0.05, 0.1) is 6.04 Å². The summed E-state index contributed by atoms with van der Waals surface area (Å²) in [5.41, 5.74) is 10.8. The number of carbonyl (C=O) groups excluding carboxylic acids is 4. The second-order valence-corrected chi connectivity index (χ2v) is 8.10. The van der Waals surface area contributed by atoms with Crippen molar-refractivity contribution in [3.8, 4) is 0 Å². The standard InChI is InChI=1S/C19H35N5O6/c1-9(2)8-13(17(27)23-12(19(29)30)6-7-14(20)25)24-16(26)11(5)22-18(28)15(21)10(3)4/h9-13,15H,6-8,21H2,1-5H3,(H2,20,25)(H,22,28)(H,23,27)(H,24,26)(H,29,30). The molecule has 0 saturated heterocycles. The summed E-state index contributed by atoms with van der Waals surface area (Å²) in [5, 5.41) is 16.6. The van der Waals surface area contributed by atoms with Gasteiger partial charge in [0.1, 0.15) is 18.1 Å². The van der Waals surface area contributed by atoms with Gasteiger partial charge in [-0.2, -0.15) is 0 Å². The highest BCUT2D eigenvalue weighted by molar-refractivity contribution is 5.94. The lowest BCUT2D eigenvalue weighted by Crippen LogP contribution is -2.57. The first-order valence-electron chi connectivity index (χ1n) is 9.94. The van der Waals surface area contributed by atoms with Crippen molar-refractivity contribution in [1.29, 1.82) is 0 Å². The fraction of sp³-hybridized carbons (Fsp3) is 0.737. The van der Waals surface area contributed by atoms with Crippen LogP contribution in [0, 0.1) is 11.8 Å². The van der Waals surface area contributed by atoms with Gasteiger partial charge < -0.3 is 32.5 Å². The Morgan fingerprint density at radius 2 is 1.37 bits per heavy atom. The monoisotopic (exact) mass is 429 g/mol. The molecule has 172 valence electrons. The van der Waals surface area contributed by atoms with Crippen LogP contribution in [-0.2, 0) is 24.0 Å². The van der Waals surface area contributed by atoms with Gasteiger partial charge in [0.15, 0.2) is 0 Å². The van der Waals surface area contributed by atoms with Gasteiger partial charge in [0.2, 0.25) is 23.6 Å². The third kappa shape index (κ3) is 10.2. The molecule has 0 aromatic heterocycles. The summed E-state index contributed by atoms with van der Waals surface area (Å²) in [6.45, 7) is 8.67. The van der Waals surface area contributed by atoms with Crippen molar-refractivity contribution in [2.75, 3.05) is 0 Å². The third-order valence-corrected chi connectivity index (χ3v) is 4.41. The highest BCUT2D eigenvalue weighted by Gasteiger charge is 2.29. The number of aliphatic carboxylic acids is 1. The highest BCUT2D eigenvalue weighted by Crippen LogP contribution is 2.07. The van der Waals surface area contributed by atoms with Crippen molar-refractivity contribution >= 4 is 29.6 Å². The summed E-state index contributed by atoms with van der Waals surface area (Å²) in [6, 6.07) is -4.07. The van der Waals surface area contributed by atoms with Gasteiger partial charge in [-0.25, -0.2) is 4.79 Å². The van der Waals surface area contributed by atoms with E-state index in [9.17, 15) is 29.1 Å². The summed E-state index contributed by atoms with van der Waals surface area (Å²) in [4.78, 5) is 59.4. The molecule has 4 amide bonds. The van der Waals surface area contributed by atoms with Crippen LogP contribution in [0.4, 0.5) is 0 Å². The maximum absolute atomic E-state index is 12.6. The zero-order valence-corrected chi connectivity index (χ0v) is 18.2. The second-order valence-electron chi connectivity index (χ2n) is 8.10. The molecular formula is C19H35N5O6. The highest BCUT2D eigenvalue weighted by atomic mass is 16.4. The minimum absolute atomic E-state index is 0.00853. The average Bonchev–Trinajstić information content (AvgIpc) is 2.62. The molecule has 11 heteroatoms. The van der Waals surface area contributed by atoms with Crippen molar-refractivity contribution in [3.05, 3.63) is 0 Å². The Hall–Kier alpha value is -2.69. The van der Waals surface area contributed by atoms with Crippen LogP contribution in [0.1, 0.15) is 53.9 Å². The molecule has 0 aromatic carbocycles. The molecule has 0 aliphatic rings. The maximum atomic E-state index is 12.6. The van der Waals surface area contributed by atoms with E-state index in [-0.39, 0.29) is 31.1 Å². The fourth-order valence-corrected chi connectivity index (χ4v) is 2.49. The Bertz CT molecular complexity index is 637. The fourth-order valence-electron chi connectivity index (χ4n) is 2.49. The number of carboxylic acid groups (broad SMARTS) is 1. The zero-order chi connectivity index (χ0) is 23.6. The molecule has 0 fully saturated rings. The number of rotatable bonds is 13. The molecule has 0 aromatic rings. The number of amides is 4. The average molecular weight is 430 g/mol. The van der Waals surface area contributed by atoms with Crippen LogP contribution in [0.25, 0.3) is 0 Å². The van der Waals surface area contributed by atoms with E-state index in [4.69, 9.17) is 11.5 Å². The van der Waals surface area contributed by atoms with Gasteiger partial charge in [-0.05, 0) is 31.6 Å². The molecule has 8 N–H and O–H groups in total. The van der Waals surface area contributed by atoms with Gasteiger partial charge in [0.25, 0.3) is 0 Å². The number of hydrogen-bond donors (Lipinski definition) is 6. The first-order valence-corrected chi connectivity index (χ1v) is 9.94. The summed E-state index contributed by atoms with van der Waals surface area (Å²) < 4.78 is 0. The van der Waals surface area contributed by atoms with Crippen LogP contribution >= 0.6 is 0 Å². The van der Waals surface area contributed by atoms with E-state index in [1.165, 1.54) is 6.92 Å². The van der Waals surface area contributed by atoms with Crippen molar-refractivity contribution in [1.82, 2.24) is 16.0 Å². The number of carbonyl (C=O) groups is 5. The van der Waals surface area contributed by atoms with Gasteiger partial charge in [0, 0.05) is 6.42 Å².